The third-order valence-electron chi connectivity index (χ3n) is 3.18. The second kappa shape index (κ2) is 6.90. The summed E-state index contributed by atoms with van der Waals surface area (Å²) in [6.45, 7) is 0. The van der Waals surface area contributed by atoms with Crippen LogP contribution in [-0.4, -0.2) is 23.0 Å². The molecule has 1 aliphatic rings. The highest BCUT2D eigenvalue weighted by Gasteiger charge is 2.15. The molecule has 0 aromatic heterocycles. The minimum absolute atomic E-state index is 0.0493. The normalized spacial score (nSPS) is 15.8. The minimum atomic E-state index is -0.0493. The van der Waals surface area contributed by atoms with Gasteiger partial charge < -0.3 is 5.32 Å². The van der Waals surface area contributed by atoms with Crippen LogP contribution in [0.25, 0.3) is 11.1 Å². The molecule has 2 aromatic rings. The molecule has 6 heteroatoms. The number of nitrogens with one attached hydrogen (secondary N) is 1. The number of hydrogen-bond acceptors (Lipinski definition) is 5. The first-order valence-corrected chi connectivity index (χ1v) is 7.87. The van der Waals surface area contributed by atoms with Crippen LogP contribution >= 0.6 is 11.8 Å². The van der Waals surface area contributed by atoms with Gasteiger partial charge in [0.25, 0.3) is 0 Å². The first-order chi connectivity index (χ1) is 11.2. The SMILES string of the molecule is N#Cc1ccc(-c2cccc(C=NN=C3NC(=O)CS3)c2)cc1. The first-order valence-electron chi connectivity index (χ1n) is 6.89. The Hall–Kier alpha value is -2.91. The quantitative estimate of drug-likeness (QED) is 0.698. The molecule has 23 heavy (non-hydrogen) atoms. The highest BCUT2D eigenvalue weighted by Crippen LogP contribution is 2.20. The molecule has 0 saturated carbocycles. The number of carbonyl (C=O) groups is 1. The van der Waals surface area contributed by atoms with E-state index in [9.17, 15) is 4.79 Å². The van der Waals surface area contributed by atoms with Crippen LogP contribution in [0.4, 0.5) is 0 Å². The predicted octanol–water partition coefficient (Wildman–Crippen LogP) is 2.78. The van der Waals surface area contributed by atoms with Crippen LogP contribution in [0, 0.1) is 11.3 Å². The van der Waals surface area contributed by atoms with Gasteiger partial charge in [0.2, 0.25) is 5.91 Å². The molecule has 1 N–H and O–H groups in total. The fourth-order valence-corrected chi connectivity index (χ4v) is 2.69. The molecule has 0 bridgehead atoms. The fraction of sp³-hybridized carbons (Fsp3) is 0.0588. The number of amidine groups is 1. The van der Waals surface area contributed by atoms with E-state index >= 15 is 0 Å². The molecule has 1 amide bonds. The summed E-state index contributed by atoms with van der Waals surface area (Å²) in [5.74, 6) is 0.342. The van der Waals surface area contributed by atoms with Gasteiger partial charge >= 0.3 is 0 Å². The molecule has 1 saturated heterocycles. The van der Waals surface area contributed by atoms with E-state index in [-0.39, 0.29) is 5.91 Å². The van der Waals surface area contributed by atoms with E-state index in [0.717, 1.165) is 16.7 Å². The molecular weight excluding hydrogens is 308 g/mol. The molecule has 2 aromatic carbocycles. The highest BCUT2D eigenvalue weighted by molar-refractivity contribution is 8.15. The molecule has 1 heterocycles. The summed E-state index contributed by atoms with van der Waals surface area (Å²) in [6.07, 6.45) is 1.64. The van der Waals surface area contributed by atoms with Crippen molar-refractivity contribution in [1.82, 2.24) is 5.32 Å². The van der Waals surface area contributed by atoms with Crippen molar-refractivity contribution in [3.8, 4) is 17.2 Å². The van der Waals surface area contributed by atoms with Crippen molar-refractivity contribution >= 4 is 29.1 Å². The summed E-state index contributed by atoms with van der Waals surface area (Å²) in [5, 5.41) is 20.0. The molecule has 5 nitrogen and oxygen atoms in total. The van der Waals surface area contributed by atoms with Crippen molar-refractivity contribution in [2.24, 2.45) is 10.2 Å². The molecule has 112 valence electrons. The number of hydrogen-bond donors (Lipinski definition) is 1. The molecule has 0 atom stereocenters. The molecule has 0 radical (unpaired) electrons. The Morgan fingerprint density at radius 2 is 2.00 bits per heavy atom. The third kappa shape index (κ3) is 3.84. The van der Waals surface area contributed by atoms with Crippen molar-refractivity contribution in [1.29, 1.82) is 5.26 Å². The summed E-state index contributed by atoms with van der Waals surface area (Å²) >= 11 is 1.34. The van der Waals surface area contributed by atoms with E-state index in [1.54, 1.807) is 18.3 Å². The molecule has 1 aliphatic heterocycles. The van der Waals surface area contributed by atoms with E-state index in [0.29, 0.717) is 16.5 Å². The van der Waals surface area contributed by atoms with E-state index in [4.69, 9.17) is 5.26 Å². The van der Waals surface area contributed by atoms with Gasteiger partial charge in [-0.3, -0.25) is 4.79 Å². The van der Waals surface area contributed by atoms with Crippen molar-refractivity contribution in [3.63, 3.8) is 0 Å². The maximum Gasteiger partial charge on any atom is 0.236 e. The second-order valence-electron chi connectivity index (χ2n) is 4.80. The van der Waals surface area contributed by atoms with Crippen LogP contribution in [0.15, 0.2) is 58.7 Å². The Labute approximate surface area is 137 Å². The Morgan fingerprint density at radius 3 is 2.70 bits per heavy atom. The maximum atomic E-state index is 11.0. The Bertz CT molecular complexity index is 834. The van der Waals surface area contributed by atoms with Gasteiger partial charge in [-0.05, 0) is 34.9 Å². The van der Waals surface area contributed by atoms with Crippen molar-refractivity contribution < 1.29 is 4.79 Å². The van der Waals surface area contributed by atoms with Crippen LogP contribution in [0.1, 0.15) is 11.1 Å². The second-order valence-corrected chi connectivity index (χ2v) is 5.77. The van der Waals surface area contributed by atoms with Crippen LogP contribution in [0.2, 0.25) is 0 Å². The van der Waals surface area contributed by atoms with Gasteiger partial charge in [0.15, 0.2) is 5.17 Å². The predicted molar refractivity (Wildman–Crippen MR) is 92.2 cm³/mol. The number of amides is 1. The summed E-state index contributed by atoms with van der Waals surface area (Å²) in [4.78, 5) is 11.0. The minimum Gasteiger partial charge on any atom is -0.303 e. The standard InChI is InChI=1S/C17H12N4OS/c18-9-12-4-6-14(7-5-12)15-3-1-2-13(8-15)10-19-21-17-20-16(22)11-23-17/h1-8,10H,11H2,(H,20,21,22). The van der Waals surface area contributed by atoms with Gasteiger partial charge in [-0.25, -0.2) is 0 Å². The fourth-order valence-electron chi connectivity index (χ4n) is 2.06. The maximum absolute atomic E-state index is 11.0. The topological polar surface area (TPSA) is 77.6 Å². The van der Waals surface area contributed by atoms with Crippen LogP contribution in [0.5, 0.6) is 0 Å². The van der Waals surface area contributed by atoms with Gasteiger partial charge in [-0.1, -0.05) is 42.1 Å². The summed E-state index contributed by atoms with van der Waals surface area (Å²) in [5.41, 5.74) is 3.61. The molecule has 0 aliphatic carbocycles. The lowest BCUT2D eigenvalue weighted by molar-refractivity contribution is -0.116. The smallest absolute Gasteiger partial charge is 0.236 e. The summed E-state index contributed by atoms with van der Waals surface area (Å²) in [7, 11) is 0. The van der Waals surface area contributed by atoms with E-state index in [1.807, 2.05) is 36.4 Å². The average Bonchev–Trinajstić information content (AvgIpc) is 3.00. The van der Waals surface area contributed by atoms with E-state index in [1.165, 1.54) is 11.8 Å². The van der Waals surface area contributed by atoms with Crippen LogP contribution < -0.4 is 5.32 Å². The molecule has 1 fully saturated rings. The first kappa shape index (κ1) is 15.0. The van der Waals surface area contributed by atoms with Crippen LogP contribution in [-0.2, 0) is 4.79 Å². The lowest BCUT2D eigenvalue weighted by Crippen LogP contribution is -2.19. The number of nitriles is 1. The largest absolute Gasteiger partial charge is 0.303 e. The van der Waals surface area contributed by atoms with Crippen molar-refractivity contribution in [3.05, 3.63) is 59.7 Å². The van der Waals surface area contributed by atoms with E-state index in [2.05, 4.69) is 21.6 Å². The number of thioether (sulfide) groups is 1. The Morgan fingerprint density at radius 1 is 1.17 bits per heavy atom. The third-order valence-corrected chi connectivity index (χ3v) is 4.04. The molecule has 3 rings (SSSR count). The number of carbonyl (C=O) groups excluding carboxylic acids is 1. The number of rotatable bonds is 3. The van der Waals surface area contributed by atoms with Gasteiger partial charge in [-0.15, -0.1) is 5.10 Å². The lowest BCUT2D eigenvalue weighted by Gasteiger charge is -2.02. The van der Waals surface area contributed by atoms with E-state index < -0.39 is 0 Å². The Kier molecular flexibility index (Phi) is 4.50. The Balaban J connectivity index is 1.77. The lowest BCUT2D eigenvalue weighted by atomic mass is 10.0. The average molecular weight is 320 g/mol. The van der Waals surface area contributed by atoms with Crippen molar-refractivity contribution in [2.75, 3.05) is 5.75 Å². The summed E-state index contributed by atoms with van der Waals surface area (Å²) in [6, 6.07) is 17.4. The molecule has 0 spiro atoms. The highest BCUT2D eigenvalue weighted by atomic mass is 32.2. The zero-order valence-electron chi connectivity index (χ0n) is 12.1. The van der Waals surface area contributed by atoms with Gasteiger partial charge in [-0.2, -0.15) is 10.4 Å². The zero-order valence-corrected chi connectivity index (χ0v) is 12.9. The van der Waals surface area contributed by atoms with Crippen molar-refractivity contribution in [2.45, 2.75) is 0 Å². The molecule has 0 unspecified atom stereocenters. The number of benzene rings is 2. The number of nitrogens with zero attached hydrogens (tertiary/aromatic N) is 3. The van der Waals surface area contributed by atoms with Gasteiger partial charge in [0, 0.05) is 0 Å². The monoisotopic (exact) mass is 320 g/mol. The van der Waals surface area contributed by atoms with Crippen LogP contribution in [0.3, 0.4) is 0 Å². The zero-order chi connectivity index (χ0) is 16.1. The van der Waals surface area contributed by atoms with Gasteiger partial charge in [0.1, 0.15) is 0 Å². The summed E-state index contributed by atoms with van der Waals surface area (Å²) < 4.78 is 0. The van der Waals surface area contributed by atoms with Gasteiger partial charge in [0.05, 0.1) is 23.6 Å². The molecular formula is C17H12N4OS.